The second-order valence-electron chi connectivity index (χ2n) is 5.98. The average Bonchev–Trinajstić information content (AvgIpc) is 3.07. The van der Waals surface area contributed by atoms with Gasteiger partial charge in [-0.15, -0.1) is 0 Å². The summed E-state index contributed by atoms with van der Waals surface area (Å²) in [5.41, 5.74) is 3.48. The Morgan fingerprint density at radius 3 is 2.32 bits per heavy atom. The second kappa shape index (κ2) is 6.58. The summed E-state index contributed by atoms with van der Waals surface area (Å²) in [5.74, 6) is -0.404. The maximum atomic E-state index is 13.4. The van der Waals surface area contributed by atoms with E-state index in [0.29, 0.717) is 10.6 Å². The van der Waals surface area contributed by atoms with Crippen molar-refractivity contribution in [1.82, 2.24) is 4.98 Å². The van der Waals surface area contributed by atoms with Crippen molar-refractivity contribution in [3.8, 4) is 0 Å². The Morgan fingerprint density at radius 1 is 0.840 bits per heavy atom. The zero-order valence-electron chi connectivity index (χ0n) is 13.4. The van der Waals surface area contributed by atoms with E-state index in [2.05, 4.69) is 4.98 Å². The molecule has 122 valence electrons. The molecule has 0 fully saturated rings. The SMILES string of the molecule is O=C(c1ccccc1Cl)C(c1ccccc1)c1c[nH]c2ccccc12. The standard InChI is InChI=1S/C22H16ClNO/c23-19-12-6-4-11-17(19)22(25)21(15-8-2-1-3-9-15)18-14-24-20-13-7-5-10-16(18)20/h1-14,21,24H. The molecule has 1 N–H and O–H groups in total. The number of fused-ring (bicyclic) bond motifs is 1. The third kappa shape index (κ3) is 2.86. The van der Waals surface area contributed by atoms with E-state index in [0.717, 1.165) is 22.0 Å². The molecule has 1 heterocycles. The van der Waals surface area contributed by atoms with Gasteiger partial charge in [0.2, 0.25) is 0 Å². The van der Waals surface area contributed by atoms with Gasteiger partial charge in [-0.05, 0) is 29.3 Å². The fraction of sp³-hybridized carbons (Fsp3) is 0.0455. The van der Waals surface area contributed by atoms with E-state index in [9.17, 15) is 4.79 Å². The number of halogens is 1. The first-order chi connectivity index (χ1) is 12.3. The smallest absolute Gasteiger partial charge is 0.176 e. The maximum absolute atomic E-state index is 13.4. The molecule has 0 spiro atoms. The summed E-state index contributed by atoms with van der Waals surface area (Å²) in [6.07, 6.45) is 1.93. The zero-order chi connectivity index (χ0) is 17.2. The molecular formula is C22H16ClNO. The molecule has 4 rings (SSSR count). The van der Waals surface area contributed by atoms with Crippen LogP contribution in [0.5, 0.6) is 0 Å². The minimum absolute atomic E-state index is 0.00144. The largest absolute Gasteiger partial charge is 0.361 e. The van der Waals surface area contributed by atoms with Gasteiger partial charge in [0.25, 0.3) is 0 Å². The van der Waals surface area contributed by atoms with Gasteiger partial charge in [0, 0.05) is 22.7 Å². The first-order valence-corrected chi connectivity index (χ1v) is 8.53. The molecule has 3 heteroatoms. The Balaban J connectivity index is 1.92. The van der Waals surface area contributed by atoms with Gasteiger partial charge in [-0.3, -0.25) is 4.79 Å². The number of benzene rings is 3. The number of hydrogen-bond acceptors (Lipinski definition) is 1. The van der Waals surface area contributed by atoms with Gasteiger partial charge in [-0.25, -0.2) is 0 Å². The molecule has 0 saturated heterocycles. The summed E-state index contributed by atoms with van der Waals surface area (Å²) in [7, 11) is 0. The predicted molar refractivity (Wildman–Crippen MR) is 102 cm³/mol. The van der Waals surface area contributed by atoms with Crippen LogP contribution in [-0.4, -0.2) is 10.8 Å². The Bertz CT molecular complexity index is 1040. The lowest BCUT2D eigenvalue weighted by Crippen LogP contribution is -2.14. The highest BCUT2D eigenvalue weighted by atomic mass is 35.5. The summed E-state index contributed by atoms with van der Waals surface area (Å²) >= 11 is 6.30. The highest BCUT2D eigenvalue weighted by Crippen LogP contribution is 2.34. The zero-order valence-corrected chi connectivity index (χ0v) is 14.2. The number of aromatic amines is 1. The van der Waals surface area contributed by atoms with Crippen LogP contribution < -0.4 is 0 Å². The molecule has 4 aromatic rings. The van der Waals surface area contributed by atoms with Gasteiger partial charge in [0.1, 0.15) is 0 Å². The van der Waals surface area contributed by atoms with Crippen molar-refractivity contribution < 1.29 is 4.79 Å². The molecule has 2 nitrogen and oxygen atoms in total. The molecule has 25 heavy (non-hydrogen) atoms. The second-order valence-corrected chi connectivity index (χ2v) is 6.38. The van der Waals surface area contributed by atoms with Crippen LogP contribution >= 0.6 is 11.6 Å². The van der Waals surface area contributed by atoms with Crippen LogP contribution in [0.25, 0.3) is 10.9 Å². The van der Waals surface area contributed by atoms with Gasteiger partial charge < -0.3 is 4.98 Å². The minimum atomic E-state index is -0.405. The van der Waals surface area contributed by atoms with Crippen LogP contribution in [0.2, 0.25) is 5.02 Å². The fourth-order valence-corrected chi connectivity index (χ4v) is 3.50. The van der Waals surface area contributed by atoms with Gasteiger partial charge in [0.15, 0.2) is 5.78 Å². The molecule has 0 aliphatic carbocycles. The van der Waals surface area contributed by atoms with Gasteiger partial charge in [0.05, 0.1) is 10.9 Å². The molecule has 0 saturated carbocycles. The third-order valence-corrected chi connectivity index (χ3v) is 4.80. The Kier molecular flexibility index (Phi) is 4.12. The Morgan fingerprint density at radius 2 is 1.52 bits per heavy atom. The van der Waals surface area contributed by atoms with Crippen molar-refractivity contribution in [3.63, 3.8) is 0 Å². The monoisotopic (exact) mass is 345 g/mol. The molecule has 0 radical (unpaired) electrons. The lowest BCUT2D eigenvalue weighted by Gasteiger charge is -2.17. The van der Waals surface area contributed by atoms with Crippen molar-refractivity contribution in [1.29, 1.82) is 0 Å². The number of Topliss-reactive ketones (excluding diaryl/α,β-unsaturated/α-hetero) is 1. The predicted octanol–water partition coefficient (Wildman–Crippen LogP) is 5.84. The van der Waals surface area contributed by atoms with E-state index in [-0.39, 0.29) is 5.78 Å². The van der Waals surface area contributed by atoms with Crippen molar-refractivity contribution >= 4 is 28.3 Å². The topological polar surface area (TPSA) is 32.9 Å². The number of hydrogen-bond donors (Lipinski definition) is 1. The lowest BCUT2D eigenvalue weighted by molar-refractivity contribution is 0.0974. The van der Waals surface area contributed by atoms with E-state index in [4.69, 9.17) is 11.6 Å². The van der Waals surface area contributed by atoms with E-state index >= 15 is 0 Å². The van der Waals surface area contributed by atoms with E-state index in [1.54, 1.807) is 12.1 Å². The highest BCUT2D eigenvalue weighted by molar-refractivity contribution is 6.34. The summed E-state index contributed by atoms with van der Waals surface area (Å²) in [6, 6.07) is 25.1. The van der Waals surface area contributed by atoms with Gasteiger partial charge >= 0.3 is 0 Å². The number of carbonyl (C=O) groups is 1. The van der Waals surface area contributed by atoms with Crippen LogP contribution in [0.4, 0.5) is 0 Å². The van der Waals surface area contributed by atoms with Crippen molar-refractivity contribution in [2.75, 3.05) is 0 Å². The number of aromatic nitrogens is 1. The molecule has 3 aromatic carbocycles. The average molecular weight is 346 g/mol. The quantitative estimate of drug-likeness (QED) is 0.463. The molecule has 1 aromatic heterocycles. The number of ketones is 1. The normalized spacial score (nSPS) is 12.2. The van der Waals surface area contributed by atoms with E-state index < -0.39 is 5.92 Å². The molecule has 0 aliphatic rings. The lowest BCUT2D eigenvalue weighted by atomic mass is 9.84. The molecule has 0 amide bonds. The number of rotatable bonds is 4. The van der Waals surface area contributed by atoms with E-state index in [1.807, 2.05) is 72.9 Å². The Labute approximate surface area is 151 Å². The number of para-hydroxylation sites is 1. The minimum Gasteiger partial charge on any atom is -0.361 e. The van der Waals surface area contributed by atoms with Crippen molar-refractivity contribution in [2.45, 2.75) is 5.92 Å². The maximum Gasteiger partial charge on any atom is 0.176 e. The van der Waals surface area contributed by atoms with Crippen molar-refractivity contribution in [2.24, 2.45) is 0 Å². The molecular weight excluding hydrogens is 330 g/mol. The van der Waals surface area contributed by atoms with Gasteiger partial charge in [-0.2, -0.15) is 0 Å². The molecule has 1 unspecified atom stereocenters. The van der Waals surface area contributed by atoms with E-state index in [1.165, 1.54) is 0 Å². The first kappa shape index (κ1) is 15.7. The fourth-order valence-electron chi connectivity index (χ4n) is 3.27. The number of carbonyl (C=O) groups excluding carboxylic acids is 1. The van der Waals surface area contributed by atoms with Crippen LogP contribution in [-0.2, 0) is 0 Å². The Hall–Kier alpha value is -2.84. The number of H-pyrrole nitrogens is 1. The highest BCUT2D eigenvalue weighted by Gasteiger charge is 2.27. The van der Waals surface area contributed by atoms with Crippen LogP contribution in [0.1, 0.15) is 27.4 Å². The molecule has 0 aliphatic heterocycles. The molecule has 1 atom stereocenters. The summed E-state index contributed by atoms with van der Waals surface area (Å²) in [5, 5.41) is 1.53. The van der Waals surface area contributed by atoms with Crippen molar-refractivity contribution in [3.05, 3.63) is 107 Å². The van der Waals surface area contributed by atoms with Crippen LogP contribution in [0, 0.1) is 0 Å². The first-order valence-electron chi connectivity index (χ1n) is 8.15. The molecule has 0 bridgehead atoms. The summed E-state index contributed by atoms with van der Waals surface area (Å²) in [4.78, 5) is 16.7. The summed E-state index contributed by atoms with van der Waals surface area (Å²) < 4.78 is 0. The summed E-state index contributed by atoms with van der Waals surface area (Å²) in [6.45, 7) is 0. The van der Waals surface area contributed by atoms with Crippen LogP contribution in [0.15, 0.2) is 85.1 Å². The van der Waals surface area contributed by atoms with Crippen LogP contribution in [0.3, 0.4) is 0 Å². The number of nitrogens with one attached hydrogen (secondary N) is 1. The third-order valence-electron chi connectivity index (χ3n) is 4.47. The van der Waals surface area contributed by atoms with Gasteiger partial charge in [-0.1, -0.05) is 72.3 Å².